The zero-order valence-corrected chi connectivity index (χ0v) is 16.1. The number of hydrogen-bond donors (Lipinski definition) is 1. The van der Waals surface area contributed by atoms with Crippen molar-refractivity contribution >= 4 is 5.78 Å². The fourth-order valence-electron chi connectivity index (χ4n) is 6.48. The first kappa shape index (κ1) is 16.8. The Morgan fingerprint density at radius 3 is 2.93 bits per heavy atom. The summed E-state index contributed by atoms with van der Waals surface area (Å²) in [5.41, 5.74) is 2.17. The van der Waals surface area contributed by atoms with Crippen molar-refractivity contribution in [3.8, 4) is 0 Å². The van der Waals surface area contributed by atoms with Crippen LogP contribution in [0.1, 0.15) is 24.8 Å². The van der Waals surface area contributed by atoms with Crippen molar-refractivity contribution in [3.05, 3.63) is 71.0 Å². The van der Waals surface area contributed by atoms with E-state index in [2.05, 4.69) is 24.1 Å². The van der Waals surface area contributed by atoms with Crippen LogP contribution < -0.4 is 0 Å². The lowest BCUT2D eigenvalue weighted by atomic mass is 9.51. The van der Waals surface area contributed by atoms with Gasteiger partial charge in [-0.25, -0.2) is 0 Å². The van der Waals surface area contributed by atoms with E-state index in [0.717, 1.165) is 30.5 Å². The number of benzene rings is 1. The standard InChI is InChI=1S/C24H25NO3/c1-25-12-11-24-17-7-8-19(26)21(24)28-22-20(24)16(13-18(17)25)9-10-23(22,27)14-15-5-3-2-4-6-15/h2-9,17-18,21,27H,10-14H2,1H3/t17-,18+,21-,23?,24-/m0/s1. The number of ketones is 1. The predicted molar refractivity (Wildman–Crippen MR) is 105 cm³/mol. The Labute approximate surface area is 165 Å². The number of aliphatic hydroxyl groups is 1. The third-order valence-electron chi connectivity index (χ3n) is 7.77. The lowest BCUT2D eigenvalue weighted by Crippen LogP contribution is -2.61. The van der Waals surface area contributed by atoms with Gasteiger partial charge in [0.25, 0.3) is 0 Å². The molecule has 3 aliphatic carbocycles. The van der Waals surface area contributed by atoms with E-state index >= 15 is 0 Å². The first-order chi connectivity index (χ1) is 13.5. The number of rotatable bonds is 2. The van der Waals surface area contributed by atoms with Gasteiger partial charge in [-0.2, -0.15) is 0 Å². The molecule has 1 unspecified atom stereocenters. The topological polar surface area (TPSA) is 49.8 Å². The van der Waals surface area contributed by atoms with Gasteiger partial charge in [0.2, 0.25) is 0 Å². The van der Waals surface area contributed by atoms with E-state index in [1.54, 1.807) is 6.08 Å². The fourth-order valence-corrected chi connectivity index (χ4v) is 6.48. The minimum Gasteiger partial charge on any atom is -0.482 e. The third kappa shape index (κ3) is 1.95. The molecule has 4 heteroatoms. The van der Waals surface area contributed by atoms with Crippen LogP contribution in [0.4, 0.5) is 0 Å². The van der Waals surface area contributed by atoms with Crippen molar-refractivity contribution < 1.29 is 14.6 Å². The molecular weight excluding hydrogens is 350 g/mol. The monoisotopic (exact) mass is 375 g/mol. The molecule has 5 aliphatic rings. The minimum atomic E-state index is -1.08. The Balaban J connectivity index is 1.51. The maximum Gasteiger partial charge on any atom is 0.196 e. The number of carbonyl (C=O) groups excluding carboxylic acids is 1. The summed E-state index contributed by atoms with van der Waals surface area (Å²) in [4.78, 5) is 15.3. The SMILES string of the molecule is CN1CC[C@]23C4=C5O[C@H]2C(=O)C=C[C@H]3[C@H]1CC4=CCC5(O)Cc1ccccc1. The molecule has 1 aromatic rings. The molecule has 2 aliphatic heterocycles. The lowest BCUT2D eigenvalue weighted by Gasteiger charge is -2.57. The second kappa shape index (κ2) is 5.46. The van der Waals surface area contributed by atoms with E-state index < -0.39 is 11.7 Å². The number of hydrogen-bond acceptors (Lipinski definition) is 4. The largest absolute Gasteiger partial charge is 0.482 e. The van der Waals surface area contributed by atoms with Gasteiger partial charge < -0.3 is 14.7 Å². The molecule has 144 valence electrons. The molecule has 5 atom stereocenters. The van der Waals surface area contributed by atoms with Crippen molar-refractivity contribution in [2.24, 2.45) is 11.3 Å². The van der Waals surface area contributed by atoms with E-state index in [1.165, 1.54) is 5.57 Å². The summed E-state index contributed by atoms with van der Waals surface area (Å²) >= 11 is 0. The quantitative estimate of drug-likeness (QED) is 0.864. The van der Waals surface area contributed by atoms with Crippen LogP contribution in [0.25, 0.3) is 0 Å². The smallest absolute Gasteiger partial charge is 0.196 e. The van der Waals surface area contributed by atoms with Crippen molar-refractivity contribution in [2.45, 2.75) is 43.4 Å². The molecule has 1 spiro atoms. The second-order valence-electron chi connectivity index (χ2n) is 9.16. The molecule has 1 N–H and O–H groups in total. The van der Waals surface area contributed by atoms with E-state index in [4.69, 9.17) is 4.74 Å². The average molecular weight is 375 g/mol. The van der Waals surface area contributed by atoms with Crippen LogP contribution in [0.5, 0.6) is 0 Å². The summed E-state index contributed by atoms with van der Waals surface area (Å²) in [5.74, 6) is 1.01. The minimum absolute atomic E-state index is 0.0530. The van der Waals surface area contributed by atoms with Crippen molar-refractivity contribution in [3.63, 3.8) is 0 Å². The highest BCUT2D eigenvalue weighted by Gasteiger charge is 2.67. The Bertz CT molecular complexity index is 961. The van der Waals surface area contributed by atoms with Crippen LogP contribution in [0.2, 0.25) is 0 Å². The van der Waals surface area contributed by atoms with Crippen molar-refractivity contribution in [2.75, 3.05) is 13.6 Å². The zero-order chi connectivity index (χ0) is 19.1. The van der Waals surface area contributed by atoms with Gasteiger partial charge in [0.05, 0.1) is 5.41 Å². The summed E-state index contributed by atoms with van der Waals surface area (Å²) in [5, 5.41) is 11.7. The van der Waals surface area contributed by atoms with E-state index in [9.17, 15) is 9.90 Å². The molecular formula is C24H25NO3. The Morgan fingerprint density at radius 1 is 1.29 bits per heavy atom. The third-order valence-corrected chi connectivity index (χ3v) is 7.77. The summed E-state index contributed by atoms with van der Waals surface area (Å²) in [6.07, 6.45) is 8.52. The molecule has 2 heterocycles. The van der Waals surface area contributed by atoms with Crippen LogP contribution in [0.3, 0.4) is 0 Å². The van der Waals surface area contributed by atoms with Crippen LogP contribution >= 0.6 is 0 Å². The van der Waals surface area contributed by atoms with Crippen molar-refractivity contribution in [1.82, 2.24) is 4.90 Å². The Kier molecular flexibility index (Phi) is 3.27. The van der Waals surface area contributed by atoms with Gasteiger partial charge in [0, 0.05) is 30.4 Å². The van der Waals surface area contributed by atoms with Gasteiger partial charge in [0.1, 0.15) is 11.4 Å². The van der Waals surface area contributed by atoms with E-state index in [-0.39, 0.29) is 17.1 Å². The predicted octanol–water partition coefficient (Wildman–Crippen LogP) is 2.79. The summed E-state index contributed by atoms with van der Waals surface area (Å²) < 4.78 is 6.43. The van der Waals surface area contributed by atoms with E-state index in [0.29, 0.717) is 24.6 Å². The van der Waals surface area contributed by atoms with Crippen LogP contribution in [0.15, 0.2) is 65.5 Å². The summed E-state index contributed by atoms with van der Waals surface area (Å²) in [6, 6.07) is 10.5. The highest BCUT2D eigenvalue weighted by Crippen LogP contribution is 2.65. The van der Waals surface area contributed by atoms with Gasteiger partial charge >= 0.3 is 0 Å². The highest BCUT2D eigenvalue weighted by molar-refractivity contribution is 5.97. The van der Waals surface area contributed by atoms with Gasteiger partial charge in [-0.15, -0.1) is 0 Å². The van der Waals surface area contributed by atoms with Crippen LogP contribution in [0, 0.1) is 11.3 Å². The Morgan fingerprint density at radius 2 is 2.11 bits per heavy atom. The molecule has 2 fully saturated rings. The average Bonchev–Trinajstić information content (AvgIpc) is 3.05. The molecule has 1 saturated heterocycles. The van der Waals surface area contributed by atoms with Crippen molar-refractivity contribution in [1.29, 1.82) is 0 Å². The first-order valence-electron chi connectivity index (χ1n) is 10.3. The normalized spacial score (nSPS) is 40.9. The second-order valence-corrected chi connectivity index (χ2v) is 9.16. The molecule has 28 heavy (non-hydrogen) atoms. The Hall–Kier alpha value is -2.17. The number of likely N-dealkylation sites (tertiary alicyclic amines) is 1. The molecule has 4 nitrogen and oxygen atoms in total. The molecule has 0 radical (unpaired) electrons. The number of carbonyl (C=O) groups is 1. The van der Waals surface area contributed by atoms with Crippen LogP contribution in [-0.2, 0) is 16.0 Å². The van der Waals surface area contributed by atoms with E-state index in [1.807, 2.05) is 30.3 Å². The summed E-state index contributed by atoms with van der Waals surface area (Å²) in [7, 11) is 2.19. The first-order valence-corrected chi connectivity index (χ1v) is 10.3. The molecule has 2 bridgehead atoms. The molecule has 1 saturated carbocycles. The van der Waals surface area contributed by atoms with Gasteiger partial charge in [0.15, 0.2) is 11.9 Å². The zero-order valence-electron chi connectivity index (χ0n) is 16.1. The summed E-state index contributed by atoms with van der Waals surface area (Å²) in [6.45, 7) is 0.962. The maximum absolute atomic E-state index is 12.9. The highest BCUT2D eigenvalue weighted by atomic mass is 16.5. The molecule has 0 amide bonds. The molecule has 1 aromatic carbocycles. The maximum atomic E-state index is 12.9. The molecule has 0 aromatic heterocycles. The van der Waals surface area contributed by atoms with Gasteiger partial charge in [-0.1, -0.05) is 42.5 Å². The number of piperidine rings is 1. The van der Waals surface area contributed by atoms with Gasteiger partial charge in [-0.05, 0) is 43.6 Å². The van der Waals surface area contributed by atoms with Gasteiger partial charge in [-0.3, -0.25) is 4.79 Å². The number of ether oxygens (including phenoxy) is 1. The van der Waals surface area contributed by atoms with Crippen LogP contribution in [-0.4, -0.2) is 47.1 Å². The fraction of sp³-hybridized carbons (Fsp3) is 0.458. The number of nitrogens with zero attached hydrogens (tertiary/aromatic N) is 1. The molecule has 6 rings (SSSR count). The lowest BCUT2D eigenvalue weighted by molar-refractivity contribution is -0.136.